The Labute approximate surface area is 138 Å². The summed E-state index contributed by atoms with van der Waals surface area (Å²) in [7, 11) is 0. The Hall–Kier alpha value is -2.29. The van der Waals surface area contributed by atoms with E-state index in [2.05, 4.69) is 17.4 Å². The predicted molar refractivity (Wildman–Crippen MR) is 95.2 cm³/mol. The van der Waals surface area contributed by atoms with Crippen LogP contribution >= 0.6 is 0 Å². The summed E-state index contributed by atoms with van der Waals surface area (Å²) in [6, 6.07) is 12.2. The summed E-state index contributed by atoms with van der Waals surface area (Å²) in [5, 5.41) is 2.98. The zero-order valence-corrected chi connectivity index (χ0v) is 14.4. The van der Waals surface area contributed by atoms with Gasteiger partial charge in [-0.15, -0.1) is 0 Å². The Morgan fingerprint density at radius 2 is 1.61 bits per heavy atom. The second-order valence-corrected chi connectivity index (χ2v) is 6.09. The molecule has 0 atom stereocenters. The number of benzene rings is 2. The normalized spacial score (nSPS) is 10.4. The van der Waals surface area contributed by atoms with Crippen molar-refractivity contribution in [3.8, 4) is 5.75 Å². The minimum atomic E-state index is 0.0308. The summed E-state index contributed by atoms with van der Waals surface area (Å²) in [5.41, 5.74) is 5.42. The quantitative estimate of drug-likeness (QED) is 0.784. The van der Waals surface area contributed by atoms with Gasteiger partial charge in [0.05, 0.1) is 6.61 Å². The van der Waals surface area contributed by atoms with Crippen molar-refractivity contribution < 1.29 is 9.53 Å². The third-order valence-corrected chi connectivity index (χ3v) is 3.82. The van der Waals surface area contributed by atoms with Crippen molar-refractivity contribution in [2.45, 2.75) is 40.5 Å². The van der Waals surface area contributed by atoms with E-state index >= 15 is 0 Å². The smallest absolute Gasteiger partial charge is 0.224 e. The fourth-order valence-corrected chi connectivity index (χ4v) is 2.36. The molecule has 122 valence electrons. The van der Waals surface area contributed by atoms with Gasteiger partial charge in [-0.05, 0) is 68.5 Å². The molecule has 3 heteroatoms. The average Bonchev–Trinajstić information content (AvgIpc) is 2.50. The van der Waals surface area contributed by atoms with Crippen LogP contribution in [0.5, 0.6) is 5.75 Å². The van der Waals surface area contributed by atoms with E-state index in [1.807, 2.05) is 52.0 Å². The minimum absolute atomic E-state index is 0.0308. The molecule has 1 amide bonds. The van der Waals surface area contributed by atoms with Gasteiger partial charge >= 0.3 is 0 Å². The van der Waals surface area contributed by atoms with Crippen LogP contribution in [0.4, 0.5) is 5.69 Å². The number of anilines is 1. The van der Waals surface area contributed by atoms with E-state index < -0.39 is 0 Å². The number of nitrogens with one attached hydrogen (secondary N) is 1. The highest BCUT2D eigenvalue weighted by Crippen LogP contribution is 2.20. The van der Waals surface area contributed by atoms with Crippen LogP contribution in [0.15, 0.2) is 36.4 Å². The lowest BCUT2D eigenvalue weighted by Crippen LogP contribution is -2.13. The topological polar surface area (TPSA) is 38.3 Å². The maximum absolute atomic E-state index is 12.0. The van der Waals surface area contributed by atoms with Crippen LogP contribution in [0.2, 0.25) is 0 Å². The van der Waals surface area contributed by atoms with Gasteiger partial charge in [0.25, 0.3) is 0 Å². The molecule has 2 rings (SSSR count). The van der Waals surface area contributed by atoms with Crippen molar-refractivity contribution in [1.82, 2.24) is 0 Å². The Kier molecular flexibility index (Phi) is 5.80. The van der Waals surface area contributed by atoms with Crippen molar-refractivity contribution in [3.63, 3.8) is 0 Å². The summed E-state index contributed by atoms with van der Waals surface area (Å²) in [6.45, 7) is 8.64. The van der Waals surface area contributed by atoms with E-state index in [4.69, 9.17) is 4.74 Å². The van der Waals surface area contributed by atoms with Crippen LogP contribution in [0.1, 0.15) is 35.1 Å². The van der Waals surface area contributed by atoms with E-state index in [1.54, 1.807) is 0 Å². The lowest BCUT2D eigenvalue weighted by Gasteiger charge is -2.11. The van der Waals surface area contributed by atoms with Gasteiger partial charge in [-0.1, -0.05) is 24.3 Å². The third-order valence-electron chi connectivity index (χ3n) is 3.82. The monoisotopic (exact) mass is 311 g/mol. The fraction of sp³-hybridized carbons (Fsp3) is 0.350. The van der Waals surface area contributed by atoms with Crippen LogP contribution in [0.3, 0.4) is 0 Å². The Bertz CT molecular complexity index is 692. The van der Waals surface area contributed by atoms with Gasteiger partial charge in [-0.25, -0.2) is 0 Å². The molecule has 2 aromatic carbocycles. The molecule has 0 heterocycles. The van der Waals surface area contributed by atoms with Crippen molar-refractivity contribution in [1.29, 1.82) is 0 Å². The average molecular weight is 311 g/mol. The number of rotatable bonds is 6. The molecule has 0 aliphatic rings. The van der Waals surface area contributed by atoms with E-state index in [0.717, 1.165) is 28.1 Å². The molecule has 0 aliphatic carbocycles. The highest BCUT2D eigenvalue weighted by molar-refractivity contribution is 5.91. The van der Waals surface area contributed by atoms with E-state index in [0.29, 0.717) is 19.4 Å². The number of carbonyl (C=O) groups is 1. The Morgan fingerprint density at radius 3 is 2.35 bits per heavy atom. The van der Waals surface area contributed by atoms with Gasteiger partial charge in [-0.2, -0.15) is 0 Å². The molecule has 0 fully saturated rings. The van der Waals surface area contributed by atoms with Crippen LogP contribution in [0.25, 0.3) is 0 Å². The standard InChI is InChI=1S/C20H25NO2/c1-14-7-9-16(3)18(12-14)21-20(22)6-5-11-23-19-13-15(2)8-10-17(19)4/h7-10,12-13H,5-6,11H2,1-4H3,(H,21,22). The lowest BCUT2D eigenvalue weighted by molar-refractivity contribution is -0.116. The van der Waals surface area contributed by atoms with Gasteiger partial charge in [0.1, 0.15) is 5.75 Å². The maximum Gasteiger partial charge on any atom is 0.224 e. The van der Waals surface area contributed by atoms with E-state index in [-0.39, 0.29) is 5.91 Å². The second-order valence-electron chi connectivity index (χ2n) is 6.09. The van der Waals surface area contributed by atoms with Crippen LogP contribution in [-0.2, 0) is 4.79 Å². The molecule has 0 bridgehead atoms. The lowest BCUT2D eigenvalue weighted by atomic mass is 10.1. The first kappa shape index (κ1) is 17.1. The molecule has 0 saturated heterocycles. The molecule has 3 nitrogen and oxygen atoms in total. The number of hydrogen-bond acceptors (Lipinski definition) is 2. The molecular formula is C20H25NO2. The Morgan fingerprint density at radius 1 is 0.957 bits per heavy atom. The molecule has 0 unspecified atom stereocenters. The van der Waals surface area contributed by atoms with Crippen molar-refractivity contribution in [3.05, 3.63) is 58.7 Å². The molecule has 0 aromatic heterocycles. The third kappa shape index (κ3) is 5.13. The van der Waals surface area contributed by atoms with Crippen molar-refractivity contribution >= 4 is 11.6 Å². The van der Waals surface area contributed by atoms with Crippen LogP contribution in [0, 0.1) is 27.7 Å². The van der Waals surface area contributed by atoms with E-state index in [9.17, 15) is 4.79 Å². The fourth-order valence-electron chi connectivity index (χ4n) is 2.36. The largest absolute Gasteiger partial charge is 0.493 e. The molecular weight excluding hydrogens is 286 g/mol. The molecule has 23 heavy (non-hydrogen) atoms. The summed E-state index contributed by atoms with van der Waals surface area (Å²) < 4.78 is 5.78. The highest BCUT2D eigenvalue weighted by atomic mass is 16.5. The zero-order valence-electron chi connectivity index (χ0n) is 14.4. The summed E-state index contributed by atoms with van der Waals surface area (Å²) in [6.07, 6.45) is 1.16. The number of hydrogen-bond donors (Lipinski definition) is 1. The number of amides is 1. The number of aryl methyl sites for hydroxylation is 4. The zero-order chi connectivity index (χ0) is 16.8. The van der Waals surface area contributed by atoms with Crippen LogP contribution < -0.4 is 10.1 Å². The van der Waals surface area contributed by atoms with Crippen LogP contribution in [-0.4, -0.2) is 12.5 Å². The van der Waals surface area contributed by atoms with Gasteiger partial charge in [-0.3, -0.25) is 4.79 Å². The number of carbonyl (C=O) groups excluding carboxylic acids is 1. The molecule has 0 saturated carbocycles. The van der Waals surface area contributed by atoms with E-state index in [1.165, 1.54) is 5.56 Å². The van der Waals surface area contributed by atoms with Gasteiger partial charge in [0.15, 0.2) is 0 Å². The van der Waals surface area contributed by atoms with Gasteiger partial charge in [0, 0.05) is 12.1 Å². The summed E-state index contributed by atoms with van der Waals surface area (Å²) in [4.78, 5) is 12.0. The number of ether oxygens (including phenoxy) is 1. The highest BCUT2D eigenvalue weighted by Gasteiger charge is 2.06. The predicted octanol–water partition coefficient (Wildman–Crippen LogP) is 4.72. The van der Waals surface area contributed by atoms with Crippen molar-refractivity contribution in [2.75, 3.05) is 11.9 Å². The SMILES string of the molecule is Cc1ccc(C)c(NC(=O)CCCOc2cc(C)ccc2C)c1. The molecule has 0 aliphatic heterocycles. The van der Waals surface area contributed by atoms with Crippen molar-refractivity contribution in [2.24, 2.45) is 0 Å². The summed E-state index contributed by atoms with van der Waals surface area (Å²) in [5.74, 6) is 0.934. The first-order valence-electron chi connectivity index (χ1n) is 8.03. The molecule has 2 aromatic rings. The Balaban J connectivity index is 1.79. The summed E-state index contributed by atoms with van der Waals surface area (Å²) >= 11 is 0. The molecule has 1 N–H and O–H groups in total. The minimum Gasteiger partial charge on any atom is -0.493 e. The maximum atomic E-state index is 12.0. The second kappa shape index (κ2) is 7.82. The van der Waals surface area contributed by atoms with Gasteiger partial charge < -0.3 is 10.1 Å². The first-order valence-corrected chi connectivity index (χ1v) is 8.03. The molecule has 0 radical (unpaired) electrons. The molecule has 0 spiro atoms. The van der Waals surface area contributed by atoms with Gasteiger partial charge in [0.2, 0.25) is 5.91 Å². The first-order chi connectivity index (χ1) is 11.0.